The summed E-state index contributed by atoms with van der Waals surface area (Å²) in [4.78, 5) is 24.4. The molecule has 0 atom stereocenters. The highest BCUT2D eigenvalue weighted by Gasteiger charge is 2.16. The minimum absolute atomic E-state index is 0.0380. The summed E-state index contributed by atoms with van der Waals surface area (Å²) in [5, 5.41) is 17.9. The number of carboxylic acid groups (broad SMARTS) is 1. The summed E-state index contributed by atoms with van der Waals surface area (Å²) in [5.41, 5.74) is 0.636. The Labute approximate surface area is 106 Å². The van der Waals surface area contributed by atoms with Crippen LogP contribution in [-0.4, -0.2) is 46.7 Å². The van der Waals surface area contributed by atoms with Crippen molar-refractivity contribution in [1.82, 2.24) is 4.90 Å². The van der Waals surface area contributed by atoms with Crippen LogP contribution in [0.3, 0.4) is 0 Å². The van der Waals surface area contributed by atoms with E-state index >= 15 is 0 Å². The molecule has 2 N–H and O–H groups in total. The monoisotopic (exact) mass is 251 g/mol. The Bertz CT molecular complexity index is 431. The van der Waals surface area contributed by atoms with Crippen molar-refractivity contribution in [3.63, 3.8) is 0 Å². The lowest BCUT2D eigenvalue weighted by atomic mass is 10.0. The van der Waals surface area contributed by atoms with Crippen LogP contribution in [0.1, 0.15) is 22.8 Å². The first-order chi connectivity index (χ1) is 8.60. The molecule has 18 heavy (non-hydrogen) atoms. The molecule has 0 heterocycles. The summed E-state index contributed by atoms with van der Waals surface area (Å²) in [5.74, 6) is -1.22. The first-order valence-electron chi connectivity index (χ1n) is 5.80. The molecular weight excluding hydrogens is 234 g/mol. The van der Waals surface area contributed by atoms with Crippen LogP contribution in [-0.2, 0) is 11.2 Å². The predicted octanol–water partition coefficient (Wildman–Crippen LogP) is 0.768. The summed E-state index contributed by atoms with van der Waals surface area (Å²) in [6, 6.07) is 6.45. The van der Waals surface area contributed by atoms with E-state index in [2.05, 4.69) is 0 Å². The maximum absolute atomic E-state index is 11.9. The maximum Gasteiger partial charge on any atom is 0.335 e. The number of nitrogens with zero attached hydrogens (tertiary/aromatic N) is 1. The van der Waals surface area contributed by atoms with Gasteiger partial charge in [-0.05, 0) is 18.6 Å². The van der Waals surface area contributed by atoms with Gasteiger partial charge in [0, 0.05) is 13.1 Å². The van der Waals surface area contributed by atoms with Crippen LogP contribution in [0.15, 0.2) is 24.3 Å². The number of carbonyl (C=O) groups excluding carboxylic acids is 1. The van der Waals surface area contributed by atoms with E-state index in [1.807, 2.05) is 6.92 Å². The number of likely N-dealkylation sites (N-methyl/N-ethyl adjacent to an activating group) is 1. The highest BCUT2D eigenvalue weighted by molar-refractivity contribution is 5.91. The van der Waals surface area contributed by atoms with E-state index in [9.17, 15) is 9.59 Å². The highest BCUT2D eigenvalue weighted by atomic mass is 16.4. The van der Waals surface area contributed by atoms with Crippen molar-refractivity contribution in [3.8, 4) is 0 Å². The predicted molar refractivity (Wildman–Crippen MR) is 66.4 cm³/mol. The van der Waals surface area contributed by atoms with E-state index in [0.29, 0.717) is 12.1 Å². The molecule has 98 valence electrons. The van der Waals surface area contributed by atoms with Gasteiger partial charge in [-0.2, -0.15) is 0 Å². The quantitative estimate of drug-likeness (QED) is 0.782. The molecular formula is C13H17NO4. The molecule has 5 heteroatoms. The van der Waals surface area contributed by atoms with E-state index < -0.39 is 5.97 Å². The third-order valence-corrected chi connectivity index (χ3v) is 2.69. The van der Waals surface area contributed by atoms with Gasteiger partial charge in [-0.1, -0.05) is 18.2 Å². The Balaban J connectivity index is 2.84. The molecule has 0 saturated heterocycles. The molecule has 0 aliphatic rings. The first-order valence-corrected chi connectivity index (χ1v) is 5.80. The van der Waals surface area contributed by atoms with Crippen molar-refractivity contribution >= 4 is 11.9 Å². The van der Waals surface area contributed by atoms with E-state index in [4.69, 9.17) is 10.2 Å². The lowest BCUT2D eigenvalue weighted by Gasteiger charge is -2.20. The summed E-state index contributed by atoms with van der Waals surface area (Å²) in [6.45, 7) is 2.48. The number of hydrogen-bond donors (Lipinski definition) is 2. The summed E-state index contributed by atoms with van der Waals surface area (Å²) >= 11 is 0. The number of rotatable bonds is 6. The van der Waals surface area contributed by atoms with Gasteiger partial charge in [0.15, 0.2) is 0 Å². The van der Waals surface area contributed by atoms with Crippen molar-refractivity contribution in [3.05, 3.63) is 35.4 Å². The second kappa shape index (κ2) is 6.76. The Morgan fingerprint density at radius 2 is 1.94 bits per heavy atom. The van der Waals surface area contributed by atoms with Gasteiger partial charge in [-0.15, -0.1) is 0 Å². The smallest absolute Gasteiger partial charge is 0.335 e. The van der Waals surface area contributed by atoms with Crippen LogP contribution < -0.4 is 0 Å². The van der Waals surface area contributed by atoms with Gasteiger partial charge in [-0.3, -0.25) is 4.79 Å². The number of carbonyl (C=O) groups is 2. The maximum atomic E-state index is 11.9. The largest absolute Gasteiger partial charge is 0.478 e. The molecule has 0 unspecified atom stereocenters. The van der Waals surface area contributed by atoms with Crippen molar-refractivity contribution in [2.45, 2.75) is 13.3 Å². The van der Waals surface area contributed by atoms with Crippen LogP contribution in [0, 0.1) is 0 Å². The standard InChI is InChI=1S/C13H17NO4/c1-2-14(7-8-15)12(16)9-10-5-3-4-6-11(10)13(17)18/h3-6,15H,2,7-9H2,1H3,(H,17,18). The fourth-order valence-electron chi connectivity index (χ4n) is 1.74. The van der Waals surface area contributed by atoms with Crippen molar-refractivity contribution in [1.29, 1.82) is 0 Å². The number of amides is 1. The molecule has 0 spiro atoms. The molecule has 1 rings (SSSR count). The lowest BCUT2D eigenvalue weighted by Crippen LogP contribution is -2.34. The molecule has 0 fully saturated rings. The third kappa shape index (κ3) is 3.56. The zero-order valence-corrected chi connectivity index (χ0v) is 10.3. The molecule has 0 saturated carbocycles. The van der Waals surface area contributed by atoms with Crippen molar-refractivity contribution in [2.75, 3.05) is 19.7 Å². The normalized spacial score (nSPS) is 10.1. The van der Waals surface area contributed by atoms with Gasteiger partial charge in [-0.25, -0.2) is 4.79 Å². The van der Waals surface area contributed by atoms with Crippen molar-refractivity contribution < 1.29 is 19.8 Å². The van der Waals surface area contributed by atoms with Crippen LogP contribution >= 0.6 is 0 Å². The van der Waals surface area contributed by atoms with Crippen LogP contribution in [0.5, 0.6) is 0 Å². The molecule has 1 amide bonds. The number of hydrogen-bond acceptors (Lipinski definition) is 3. The number of aliphatic hydroxyl groups is 1. The third-order valence-electron chi connectivity index (χ3n) is 2.69. The fourth-order valence-corrected chi connectivity index (χ4v) is 1.74. The van der Waals surface area contributed by atoms with Crippen LogP contribution in [0.4, 0.5) is 0 Å². The van der Waals surface area contributed by atoms with Gasteiger partial charge in [0.25, 0.3) is 0 Å². The van der Waals surface area contributed by atoms with Gasteiger partial charge in [0.2, 0.25) is 5.91 Å². The molecule has 1 aromatic rings. The minimum Gasteiger partial charge on any atom is -0.478 e. The topological polar surface area (TPSA) is 77.8 Å². The minimum atomic E-state index is -1.04. The van der Waals surface area contributed by atoms with Gasteiger partial charge in [0.1, 0.15) is 0 Å². The highest BCUT2D eigenvalue weighted by Crippen LogP contribution is 2.11. The van der Waals surface area contributed by atoms with Crippen LogP contribution in [0.2, 0.25) is 0 Å². The lowest BCUT2D eigenvalue weighted by molar-refractivity contribution is -0.130. The molecule has 0 radical (unpaired) electrons. The van der Waals surface area contributed by atoms with Gasteiger partial charge >= 0.3 is 5.97 Å². The Morgan fingerprint density at radius 1 is 1.28 bits per heavy atom. The van der Waals surface area contributed by atoms with E-state index in [-0.39, 0.29) is 31.0 Å². The molecule has 5 nitrogen and oxygen atoms in total. The Morgan fingerprint density at radius 3 is 2.50 bits per heavy atom. The van der Waals surface area contributed by atoms with Crippen LogP contribution in [0.25, 0.3) is 0 Å². The van der Waals surface area contributed by atoms with E-state index in [1.165, 1.54) is 11.0 Å². The Kier molecular flexibility index (Phi) is 5.32. The average Bonchev–Trinajstić information content (AvgIpc) is 2.36. The fraction of sp³-hybridized carbons (Fsp3) is 0.385. The average molecular weight is 251 g/mol. The molecule has 0 aromatic heterocycles. The molecule has 0 aliphatic carbocycles. The van der Waals surface area contributed by atoms with E-state index in [1.54, 1.807) is 18.2 Å². The van der Waals surface area contributed by atoms with E-state index in [0.717, 1.165) is 0 Å². The van der Waals surface area contributed by atoms with Gasteiger partial charge < -0.3 is 15.1 Å². The zero-order chi connectivity index (χ0) is 13.5. The molecule has 0 aliphatic heterocycles. The summed E-state index contributed by atoms with van der Waals surface area (Å²) in [6.07, 6.45) is 0.0380. The first kappa shape index (κ1) is 14.2. The number of carboxylic acids is 1. The number of aromatic carboxylic acids is 1. The zero-order valence-electron chi connectivity index (χ0n) is 10.3. The second-order valence-corrected chi connectivity index (χ2v) is 3.84. The summed E-state index contributed by atoms with van der Waals surface area (Å²) < 4.78 is 0. The number of benzene rings is 1. The molecule has 0 bridgehead atoms. The number of aliphatic hydroxyl groups excluding tert-OH is 1. The summed E-state index contributed by atoms with van der Waals surface area (Å²) in [7, 11) is 0. The SMILES string of the molecule is CCN(CCO)C(=O)Cc1ccccc1C(=O)O. The molecule has 1 aromatic carbocycles. The Hall–Kier alpha value is -1.88. The second-order valence-electron chi connectivity index (χ2n) is 3.84. The van der Waals surface area contributed by atoms with Gasteiger partial charge in [0.05, 0.1) is 18.6 Å². The van der Waals surface area contributed by atoms with Crippen molar-refractivity contribution in [2.24, 2.45) is 0 Å².